The lowest BCUT2D eigenvalue weighted by atomic mass is 10.1. The van der Waals surface area contributed by atoms with Gasteiger partial charge in [-0.2, -0.15) is 0 Å². The van der Waals surface area contributed by atoms with Gasteiger partial charge in [0, 0.05) is 42.2 Å². The summed E-state index contributed by atoms with van der Waals surface area (Å²) in [5, 5.41) is 6.29. The van der Waals surface area contributed by atoms with Crippen LogP contribution in [0.5, 0.6) is 0 Å². The van der Waals surface area contributed by atoms with Gasteiger partial charge in [0.1, 0.15) is 0 Å². The largest absolute Gasteiger partial charge is 0.353 e. The van der Waals surface area contributed by atoms with Crippen LogP contribution in [0.2, 0.25) is 0 Å². The number of carbonyl (C=O) groups is 2. The standard InChI is InChI=1S/C23H31N5O3/c1-14-17(10-11-21(29)25-16-5-2-3-6-16)23(31)28-20(24-14)13-18(26-28)19-7-4-12-27(19)22(30)15-8-9-15/h13,15-16,19,26H,2-12H2,1H3,(H,25,29)/t19-/m1/s1. The Bertz CT molecular complexity index is 1060. The molecule has 2 aliphatic carbocycles. The van der Waals surface area contributed by atoms with Crippen LogP contribution in [0.15, 0.2) is 10.9 Å². The third-order valence-corrected chi connectivity index (χ3v) is 7.08. The molecule has 166 valence electrons. The number of aromatic amines is 1. The van der Waals surface area contributed by atoms with Crippen LogP contribution in [-0.2, 0) is 16.0 Å². The second kappa shape index (κ2) is 8.13. The molecule has 31 heavy (non-hydrogen) atoms. The minimum Gasteiger partial charge on any atom is -0.353 e. The molecule has 8 heteroatoms. The molecular weight excluding hydrogens is 394 g/mol. The minimum atomic E-state index is -0.152. The highest BCUT2D eigenvalue weighted by atomic mass is 16.2. The Hall–Kier alpha value is -2.64. The molecule has 1 saturated heterocycles. The number of rotatable bonds is 6. The lowest BCUT2D eigenvalue weighted by molar-refractivity contribution is -0.133. The van der Waals surface area contributed by atoms with E-state index in [2.05, 4.69) is 15.4 Å². The number of likely N-dealkylation sites (tertiary alicyclic amines) is 1. The molecule has 2 aromatic rings. The molecule has 0 unspecified atom stereocenters. The van der Waals surface area contributed by atoms with E-state index in [0.717, 1.165) is 50.8 Å². The highest BCUT2D eigenvalue weighted by molar-refractivity contribution is 5.81. The van der Waals surface area contributed by atoms with Crippen molar-refractivity contribution in [2.24, 2.45) is 5.92 Å². The summed E-state index contributed by atoms with van der Waals surface area (Å²) < 4.78 is 1.48. The summed E-state index contributed by atoms with van der Waals surface area (Å²) in [6.45, 7) is 2.61. The Balaban J connectivity index is 1.34. The summed E-state index contributed by atoms with van der Waals surface area (Å²) in [6, 6.07) is 2.16. The van der Waals surface area contributed by atoms with Crippen molar-refractivity contribution < 1.29 is 9.59 Å². The van der Waals surface area contributed by atoms with E-state index in [9.17, 15) is 14.4 Å². The first kappa shape index (κ1) is 20.3. The van der Waals surface area contributed by atoms with Crippen molar-refractivity contribution in [3.63, 3.8) is 0 Å². The summed E-state index contributed by atoms with van der Waals surface area (Å²) in [5.74, 6) is 0.435. The number of H-pyrrole nitrogens is 1. The van der Waals surface area contributed by atoms with Gasteiger partial charge in [-0.25, -0.2) is 9.50 Å². The average Bonchev–Trinajstić information content (AvgIpc) is 3.12. The Morgan fingerprint density at radius 1 is 1.16 bits per heavy atom. The number of aromatic nitrogens is 3. The molecule has 3 fully saturated rings. The number of amides is 2. The Labute approximate surface area is 181 Å². The monoisotopic (exact) mass is 425 g/mol. The number of carbonyl (C=O) groups excluding carboxylic acids is 2. The number of hydrogen-bond acceptors (Lipinski definition) is 4. The third kappa shape index (κ3) is 4.00. The molecular formula is C23H31N5O3. The summed E-state index contributed by atoms with van der Waals surface area (Å²) in [6.07, 6.45) is 8.97. The first-order chi connectivity index (χ1) is 15.0. The zero-order valence-corrected chi connectivity index (χ0v) is 18.2. The van der Waals surface area contributed by atoms with Crippen LogP contribution in [0, 0.1) is 12.8 Å². The molecule has 0 spiro atoms. The average molecular weight is 426 g/mol. The molecule has 0 bridgehead atoms. The van der Waals surface area contributed by atoms with E-state index in [1.165, 1.54) is 17.4 Å². The van der Waals surface area contributed by atoms with Crippen molar-refractivity contribution in [2.75, 3.05) is 6.54 Å². The normalized spacial score (nSPS) is 21.8. The van der Waals surface area contributed by atoms with Crippen LogP contribution in [0.4, 0.5) is 0 Å². The molecule has 3 heterocycles. The van der Waals surface area contributed by atoms with Gasteiger partial charge in [0.05, 0.1) is 11.7 Å². The van der Waals surface area contributed by atoms with Crippen LogP contribution < -0.4 is 10.9 Å². The maximum atomic E-state index is 13.1. The molecule has 2 amide bonds. The van der Waals surface area contributed by atoms with Crippen LogP contribution in [0.1, 0.15) is 80.8 Å². The van der Waals surface area contributed by atoms with Gasteiger partial charge in [-0.1, -0.05) is 12.8 Å². The SMILES string of the molecule is Cc1nc2cc([C@H]3CCCN3C(=O)C3CC3)[nH]n2c(=O)c1CCC(=O)NC1CCCC1. The van der Waals surface area contributed by atoms with E-state index in [1.807, 2.05) is 17.9 Å². The first-order valence-corrected chi connectivity index (χ1v) is 11.7. The number of aryl methyl sites for hydroxylation is 1. The van der Waals surface area contributed by atoms with Crippen LogP contribution >= 0.6 is 0 Å². The van der Waals surface area contributed by atoms with Crippen molar-refractivity contribution in [3.8, 4) is 0 Å². The van der Waals surface area contributed by atoms with Gasteiger partial charge in [0.2, 0.25) is 11.8 Å². The molecule has 0 aromatic carbocycles. The fourth-order valence-electron chi connectivity index (χ4n) is 5.17. The van der Waals surface area contributed by atoms with E-state index in [0.29, 0.717) is 29.7 Å². The van der Waals surface area contributed by atoms with Gasteiger partial charge in [0.25, 0.3) is 5.56 Å². The predicted molar refractivity (Wildman–Crippen MR) is 116 cm³/mol. The molecule has 0 radical (unpaired) electrons. The maximum Gasteiger partial charge on any atom is 0.276 e. The predicted octanol–water partition coefficient (Wildman–Crippen LogP) is 2.40. The molecule has 2 aromatic heterocycles. The quantitative estimate of drug-likeness (QED) is 0.742. The number of hydrogen-bond donors (Lipinski definition) is 2. The zero-order valence-electron chi connectivity index (χ0n) is 18.2. The molecule has 5 rings (SSSR count). The fraction of sp³-hybridized carbons (Fsp3) is 0.652. The summed E-state index contributed by atoms with van der Waals surface area (Å²) in [4.78, 5) is 44.7. The van der Waals surface area contributed by atoms with Crippen LogP contribution in [-0.4, -0.2) is 43.9 Å². The minimum absolute atomic E-state index is 0.00292. The Morgan fingerprint density at radius 2 is 1.94 bits per heavy atom. The Morgan fingerprint density at radius 3 is 2.68 bits per heavy atom. The van der Waals surface area contributed by atoms with E-state index in [4.69, 9.17) is 0 Å². The lowest BCUT2D eigenvalue weighted by Crippen LogP contribution is -2.33. The smallest absolute Gasteiger partial charge is 0.276 e. The van der Waals surface area contributed by atoms with E-state index < -0.39 is 0 Å². The lowest BCUT2D eigenvalue weighted by Gasteiger charge is -2.23. The van der Waals surface area contributed by atoms with Gasteiger partial charge in [-0.3, -0.25) is 19.5 Å². The van der Waals surface area contributed by atoms with Gasteiger partial charge >= 0.3 is 0 Å². The number of nitrogens with zero attached hydrogens (tertiary/aromatic N) is 3. The van der Waals surface area contributed by atoms with Crippen molar-refractivity contribution in [2.45, 2.75) is 83.2 Å². The van der Waals surface area contributed by atoms with E-state index in [1.54, 1.807) is 0 Å². The second-order valence-corrected chi connectivity index (χ2v) is 9.40. The summed E-state index contributed by atoms with van der Waals surface area (Å²) in [7, 11) is 0. The number of fused-ring (bicyclic) bond motifs is 1. The third-order valence-electron chi connectivity index (χ3n) is 7.08. The van der Waals surface area contributed by atoms with Crippen LogP contribution in [0.3, 0.4) is 0 Å². The second-order valence-electron chi connectivity index (χ2n) is 9.40. The van der Waals surface area contributed by atoms with E-state index in [-0.39, 0.29) is 35.4 Å². The van der Waals surface area contributed by atoms with Gasteiger partial charge in [0.15, 0.2) is 5.65 Å². The summed E-state index contributed by atoms with van der Waals surface area (Å²) >= 11 is 0. The topological polar surface area (TPSA) is 99.6 Å². The van der Waals surface area contributed by atoms with Crippen molar-refractivity contribution >= 4 is 17.5 Å². The van der Waals surface area contributed by atoms with Crippen molar-refractivity contribution in [1.29, 1.82) is 0 Å². The highest BCUT2D eigenvalue weighted by Crippen LogP contribution is 2.38. The maximum absolute atomic E-state index is 13.1. The van der Waals surface area contributed by atoms with E-state index >= 15 is 0 Å². The molecule has 3 aliphatic rings. The van der Waals surface area contributed by atoms with Gasteiger partial charge in [-0.05, 0) is 51.9 Å². The molecule has 2 saturated carbocycles. The van der Waals surface area contributed by atoms with Gasteiger partial charge in [-0.15, -0.1) is 0 Å². The molecule has 1 atom stereocenters. The molecule has 2 N–H and O–H groups in total. The van der Waals surface area contributed by atoms with Crippen molar-refractivity contribution in [1.82, 2.24) is 24.8 Å². The van der Waals surface area contributed by atoms with Crippen LogP contribution in [0.25, 0.3) is 5.65 Å². The first-order valence-electron chi connectivity index (χ1n) is 11.7. The summed E-state index contributed by atoms with van der Waals surface area (Å²) in [5.41, 5.74) is 2.53. The van der Waals surface area contributed by atoms with Crippen molar-refractivity contribution in [3.05, 3.63) is 33.4 Å². The molecule has 8 nitrogen and oxygen atoms in total. The zero-order chi connectivity index (χ0) is 21.5. The number of nitrogens with one attached hydrogen (secondary N) is 2. The highest BCUT2D eigenvalue weighted by Gasteiger charge is 2.39. The fourth-order valence-corrected chi connectivity index (χ4v) is 5.17. The van der Waals surface area contributed by atoms with Gasteiger partial charge < -0.3 is 10.2 Å². The Kier molecular flexibility index (Phi) is 5.32. The molecule has 1 aliphatic heterocycles.